The predicted molar refractivity (Wildman–Crippen MR) is 122 cm³/mol. The van der Waals surface area contributed by atoms with Crippen molar-refractivity contribution >= 4 is 39.5 Å². The van der Waals surface area contributed by atoms with Gasteiger partial charge in [-0.25, -0.2) is 14.0 Å². The molecule has 0 unspecified atom stereocenters. The number of esters is 1. The van der Waals surface area contributed by atoms with Gasteiger partial charge in [-0.15, -0.1) is 0 Å². The molecule has 0 bridgehead atoms. The number of ether oxygens (including phenoxy) is 2. The van der Waals surface area contributed by atoms with E-state index in [0.717, 1.165) is 5.69 Å². The lowest BCUT2D eigenvalue weighted by Gasteiger charge is -2.30. The third-order valence-corrected chi connectivity index (χ3v) is 6.43. The zero-order chi connectivity index (χ0) is 23.7. The number of rotatable bonds is 5. The van der Waals surface area contributed by atoms with E-state index in [1.54, 1.807) is 12.1 Å². The normalized spacial score (nSPS) is 14.6. The summed E-state index contributed by atoms with van der Waals surface area (Å²) < 4.78 is 42.0. The number of hydrogen-bond donors (Lipinski definition) is 1. The molecule has 0 saturated carbocycles. The van der Waals surface area contributed by atoms with E-state index in [9.17, 15) is 18.2 Å². The maximum atomic E-state index is 13.5. The Kier molecular flexibility index (Phi) is 6.37. The van der Waals surface area contributed by atoms with Crippen LogP contribution in [0, 0.1) is 5.82 Å². The zero-order valence-corrected chi connectivity index (χ0v) is 18.9. The Morgan fingerprint density at radius 2 is 1.82 bits per heavy atom. The highest BCUT2D eigenvalue weighted by molar-refractivity contribution is 7.85. The summed E-state index contributed by atoms with van der Waals surface area (Å²) in [5.41, 5.74) is 6.55. The Balaban J connectivity index is 1.92. The van der Waals surface area contributed by atoms with E-state index < -0.39 is 28.7 Å². The number of amides is 1. The second kappa shape index (κ2) is 9.22. The first-order valence-electron chi connectivity index (χ1n) is 10.4. The van der Waals surface area contributed by atoms with Crippen LogP contribution in [0.4, 0.5) is 14.9 Å². The summed E-state index contributed by atoms with van der Waals surface area (Å²) in [6, 6.07) is 8.79. The van der Waals surface area contributed by atoms with Crippen LogP contribution in [0.5, 0.6) is 5.75 Å². The molecule has 3 aromatic rings. The zero-order valence-electron chi connectivity index (χ0n) is 18.1. The number of furan rings is 1. The van der Waals surface area contributed by atoms with Crippen molar-refractivity contribution in [2.75, 3.05) is 29.5 Å². The molecule has 8 nitrogen and oxygen atoms in total. The van der Waals surface area contributed by atoms with Crippen LogP contribution in [0.25, 0.3) is 22.3 Å². The number of fused-ring (bicyclic) bond motifs is 1. The third kappa shape index (κ3) is 4.85. The molecule has 1 saturated heterocycles. The first-order valence-corrected chi connectivity index (χ1v) is 11.9. The molecule has 4 rings (SSSR count). The fourth-order valence-electron chi connectivity index (χ4n) is 3.74. The van der Waals surface area contributed by atoms with Crippen molar-refractivity contribution in [1.29, 1.82) is 0 Å². The van der Waals surface area contributed by atoms with E-state index in [-0.39, 0.29) is 17.4 Å². The maximum Gasteiger partial charge on any atom is 0.412 e. The molecular formula is C23H23FN2O6S. The smallest absolute Gasteiger partial charge is 0.412 e. The van der Waals surface area contributed by atoms with Gasteiger partial charge in [0.25, 0.3) is 0 Å². The molecule has 1 aliphatic rings. The van der Waals surface area contributed by atoms with E-state index in [1.807, 2.05) is 13.8 Å². The minimum absolute atomic E-state index is 0.0182. The summed E-state index contributed by atoms with van der Waals surface area (Å²) in [6.07, 6.45) is -1.42. The van der Waals surface area contributed by atoms with E-state index >= 15 is 0 Å². The number of carbonyl (C=O) groups is 2. The maximum absolute atomic E-state index is 13.5. The van der Waals surface area contributed by atoms with Gasteiger partial charge in [-0.05, 0) is 44.2 Å². The van der Waals surface area contributed by atoms with E-state index in [4.69, 9.17) is 14.9 Å². The Bertz CT molecular complexity index is 1230. The average molecular weight is 475 g/mol. The summed E-state index contributed by atoms with van der Waals surface area (Å²) in [6.45, 7) is 4.91. The summed E-state index contributed by atoms with van der Waals surface area (Å²) in [5, 5.41) is 0.362. The van der Waals surface area contributed by atoms with Crippen LogP contribution in [0.15, 0.2) is 40.8 Å². The number of nitrogens with two attached hydrogens (primary N) is 1. The molecule has 0 radical (unpaired) electrons. The second-order valence-corrected chi connectivity index (χ2v) is 9.54. The fraction of sp³-hybridized carbons (Fsp3) is 0.304. The minimum Gasteiger partial charge on any atom is -0.489 e. The Labute approximate surface area is 191 Å². The summed E-state index contributed by atoms with van der Waals surface area (Å²) in [5.74, 6) is 0.252. The van der Waals surface area contributed by atoms with Gasteiger partial charge in [-0.3, -0.25) is 4.21 Å². The summed E-state index contributed by atoms with van der Waals surface area (Å²) >= 11 is 0. The van der Waals surface area contributed by atoms with Crippen molar-refractivity contribution < 1.29 is 32.1 Å². The van der Waals surface area contributed by atoms with Gasteiger partial charge < -0.3 is 24.5 Å². The number of carbonyl (C=O) groups excluding carboxylic acids is 2. The lowest BCUT2D eigenvalue weighted by atomic mass is 10.0. The molecule has 0 atom stereocenters. The van der Waals surface area contributed by atoms with Crippen LogP contribution in [0.2, 0.25) is 0 Å². The highest BCUT2D eigenvalue weighted by Crippen LogP contribution is 2.41. The summed E-state index contributed by atoms with van der Waals surface area (Å²) in [4.78, 5) is 26.1. The number of hydrogen-bond acceptors (Lipinski definition) is 7. The van der Waals surface area contributed by atoms with Crippen LogP contribution in [0.1, 0.15) is 24.2 Å². The van der Waals surface area contributed by atoms with Crippen molar-refractivity contribution in [3.63, 3.8) is 0 Å². The molecular weight excluding hydrogens is 451 g/mol. The number of anilines is 1. The number of nitrogens with zero attached hydrogens (tertiary/aromatic N) is 1. The highest BCUT2D eigenvalue weighted by Gasteiger charge is 2.28. The standard InChI is InChI=1S/C23H23FN2O6S/c1-13(2)30-19-11-16-18(12-17(19)26-7-9-33(29)10-8-26)31-21(14-3-5-15(24)6-4-14)20(16)22(27)32-23(25)28/h3-6,11-13H,7-10H2,1-2H3,(H2,25,28). The molecule has 2 N–H and O–H groups in total. The lowest BCUT2D eigenvalue weighted by Crippen LogP contribution is -2.38. The van der Waals surface area contributed by atoms with Gasteiger partial charge in [0, 0.05) is 52.4 Å². The number of primary amides is 1. The molecule has 2 heterocycles. The van der Waals surface area contributed by atoms with Crippen molar-refractivity contribution in [2.45, 2.75) is 20.0 Å². The SMILES string of the molecule is CC(C)Oc1cc2c(C(=O)OC(N)=O)c(-c3ccc(F)cc3)oc2cc1N1CCS(=O)CC1. The van der Waals surface area contributed by atoms with E-state index in [1.165, 1.54) is 24.3 Å². The lowest BCUT2D eigenvalue weighted by molar-refractivity contribution is 0.0640. The Morgan fingerprint density at radius 1 is 1.15 bits per heavy atom. The van der Waals surface area contributed by atoms with Crippen molar-refractivity contribution in [3.05, 3.63) is 47.8 Å². The minimum atomic E-state index is -1.25. The third-order valence-electron chi connectivity index (χ3n) is 5.15. The second-order valence-electron chi connectivity index (χ2n) is 7.84. The van der Waals surface area contributed by atoms with Crippen LogP contribution in [-0.2, 0) is 15.5 Å². The van der Waals surface area contributed by atoms with Gasteiger partial charge in [0.2, 0.25) is 0 Å². The predicted octanol–water partition coefficient (Wildman–Crippen LogP) is 3.83. The van der Waals surface area contributed by atoms with Crippen molar-refractivity contribution in [3.8, 4) is 17.1 Å². The molecule has 1 fully saturated rings. The van der Waals surface area contributed by atoms with Crippen LogP contribution >= 0.6 is 0 Å². The van der Waals surface area contributed by atoms with Gasteiger partial charge in [-0.2, -0.15) is 0 Å². The monoisotopic (exact) mass is 474 g/mol. The molecule has 174 valence electrons. The first kappa shape index (κ1) is 22.8. The number of benzene rings is 2. The van der Waals surface area contributed by atoms with E-state index in [0.29, 0.717) is 46.9 Å². The summed E-state index contributed by atoms with van der Waals surface area (Å²) in [7, 11) is -0.859. The topological polar surface area (TPSA) is 112 Å². The molecule has 0 aliphatic carbocycles. The highest BCUT2D eigenvalue weighted by atomic mass is 32.2. The van der Waals surface area contributed by atoms with Gasteiger partial charge in [0.1, 0.15) is 28.5 Å². The van der Waals surface area contributed by atoms with Crippen LogP contribution in [-0.4, -0.2) is 47.0 Å². The molecule has 2 aromatic carbocycles. The largest absolute Gasteiger partial charge is 0.489 e. The van der Waals surface area contributed by atoms with Gasteiger partial charge in [-0.1, -0.05) is 0 Å². The molecule has 10 heteroatoms. The van der Waals surface area contributed by atoms with Gasteiger partial charge in [0.15, 0.2) is 0 Å². The van der Waals surface area contributed by atoms with Gasteiger partial charge >= 0.3 is 12.1 Å². The van der Waals surface area contributed by atoms with Crippen LogP contribution < -0.4 is 15.4 Å². The average Bonchev–Trinajstić information content (AvgIpc) is 3.12. The van der Waals surface area contributed by atoms with Crippen LogP contribution in [0.3, 0.4) is 0 Å². The quantitative estimate of drug-likeness (QED) is 0.442. The number of halogens is 1. The molecule has 33 heavy (non-hydrogen) atoms. The molecule has 0 spiro atoms. The fourth-order valence-corrected chi connectivity index (χ4v) is 4.79. The molecule has 1 aliphatic heterocycles. The first-order chi connectivity index (χ1) is 15.7. The Hall–Kier alpha value is -3.40. The Morgan fingerprint density at radius 3 is 2.42 bits per heavy atom. The molecule has 1 aromatic heterocycles. The van der Waals surface area contributed by atoms with Crippen molar-refractivity contribution in [1.82, 2.24) is 0 Å². The van der Waals surface area contributed by atoms with Gasteiger partial charge in [0.05, 0.1) is 11.8 Å². The van der Waals surface area contributed by atoms with E-state index in [2.05, 4.69) is 9.64 Å². The molecule has 1 amide bonds. The van der Waals surface area contributed by atoms with Crippen molar-refractivity contribution in [2.24, 2.45) is 5.73 Å².